The average Bonchev–Trinajstić information content (AvgIpc) is 2.77. The average molecular weight is 511 g/mol. The van der Waals surface area contributed by atoms with E-state index in [0.717, 1.165) is 38.9 Å². The Bertz CT molecular complexity index is 626. The molecule has 6 heteroatoms. The second-order valence-corrected chi connectivity index (χ2v) is 14.1. The largest absolute Gasteiger partial charge is 0.326 e. The van der Waals surface area contributed by atoms with Gasteiger partial charge in [-0.3, -0.25) is 9.68 Å². The molecule has 2 aliphatic heterocycles. The highest BCUT2D eigenvalue weighted by Crippen LogP contribution is 2.51. The Morgan fingerprint density at radius 3 is 1.39 bits per heavy atom. The Labute approximate surface area is 224 Å². The van der Waals surface area contributed by atoms with Crippen molar-refractivity contribution in [2.24, 2.45) is 29.2 Å². The second-order valence-electron chi connectivity index (χ2n) is 14.1. The van der Waals surface area contributed by atoms with Gasteiger partial charge in [-0.2, -0.15) is 10.1 Å². The third-order valence-electron chi connectivity index (χ3n) is 9.26. The van der Waals surface area contributed by atoms with Crippen molar-refractivity contribution in [3.8, 4) is 0 Å². The van der Waals surface area contributed by atoms with Crippen LogP contribution in [0.3, 0.4) is 0 Å². The highest BCUT2D eigenvalue weighted by molar-refractivity contribution is 5.11. The lowest BCUT2D eigenvalue weighted by molar-refractivity contribution is -0.305. The summed E-state index contributed by atoms with van der Waals surface area (Å²) in [7, 11) is 0. The summed E-state index contributed by atoms with van der Waals surface area (Å²) in [5.74, 6) is 1.25. The molecule has 0 aromatic carbocycles. The maximum absolute atomic E-state index is 7.23. The molecule has 0 saturated carbocycles. The van der Waals surface area contributed by atoms with Gasteiger partial charge in [0, 0.05) is 23.2 Å². The maximum Gasteiger partial charge on any atom is 0.0683 e. The summed E-state index contributed by atoms with van der Waals surface area (Å²) in [6, 6.07) is 0.0311. The van der Waals surface area contributed by atoms with Crippen LogP contribution < -0.4 is 11.5 Å². The summed E-state index contributed by atoms with van der Waals surface area (Å²) in [4.78, 5) is 12.7. The van der Waals surface area contributed by atoms with Crippen molar-refractivity contribution in [3.05, 3.63) is 0 Å². The van der Waals surface area contributed by atoms with Gasteiger partial charge in [0.05, 0.1) is 24.3 Å². The number of hydroxylamine groups is 4. The summed E-state index contributed by atoms with van der Waals surface area (Å²) < 4.78 is 0. The minimum atomic E-state index is -0.259. The molecule has 0 bridgehead atoms. The molecule has 2 saturated heterocycles. The highest BCUT2D eigenvalue weighted by atomic mass is 16.7. The second kappa shape index (κ2) is 12.3. The lowest BCUT2D eigenvalue weighted by Gasteiger charge is -2.62. The van der Waals surface area contributed by atoms with Gasteiger partial charge < -0.3 is 11.5 Å². The van der Waals surface area contributed by atoms with E-state index in [-0.39, 0.29) is 34.2 Å². The first-order chi connectivity index (χ1) is 16.6. The SMILES string of the molecule is CCCCCC(C1CC(C)(C)N(OCCC)C(C)(C)C1N)C1CC(C)(C)N(OCCC)C(C)(C)C1N. The van der Waals surface area contributed by atoms with Crippen molar-refractivity contribution in [1.82, 2.24) is 10.1 Å². The Balaban J connectivity index is 2.47. The molecule has 6 nitrogen and oxygen atoms in total. The number of nitrogens with two attached hydrogens (primary N) is 2. The van der Waals surface area contributed by atoms with Crippen LogP contribution in [-0.4, -0.2) is 57.6 Å². The van der Waals surface area contributed by atoms with Crippen LogP contribution >= 0.6 is 0 Å². The number of nitrogens with zero attached hydrogens (tertiary/aromatic N) is 2. The Kier molecular flexibility index (Phi) is 10.9. The van der Waals surface area contributed by atoms with Gasteiger partial charge in [-0.25, -0.2) is 0 Å². The standard InChI is InChI=1S/C30H62N4O2/c1-12-15-16-17-22(23-20-27(4,5)33(35-18-13-2)29(8,9)25(23)31)24-21-28(6,7)34(36-19-14-3)30(10,11)26(24)32/h22-26H,12-21,31-32H2,1-11H3. The smallest absolute Gasteiger partial charge is 0.0683 e. The number of rotatable bonds is 12. The van der Waals surface area contributed by atoms with Crippen LogP contribution in [0.1, 0.15) is 128 Å². The van der Waals surface area contributed by atoms with Crippen molar-refractivity contribution in [3.63, 3.8) is 0 Å². The molecule has 0 spiro atoms. The van der Waals surface area contributed by atoms with E-state index in [1.165, 1.54) is 25.7 Å². The third-order valence-corrected chi connectivity index (χ3v) is 9.26. The van der Waals surface area contributed by atoms with Gasteiger partial charge >= 0.3 is 0 Å². The van der Waals surface area contributed by atoms with Gasteiger partial charge in [-0.15, -0.1) is 0 Å². The fraction of sp³-hybridized carbons (Fsp3) is 1.00. The third kappa shape index (κ3) is 6.48. The number of hydrogen-bond donors (Lipinski definition) is 2. The van der Waals surface area contributed by atoms with E-state index in [4.69, 9.17) is 21.1 Å². The normalized spacial score (nSPS) is 32.9. The molecule has 214 valence electrons. The Hall–Kier alpha value is -0.240. The lowest BCUT2D eigenvalue weighted by atomic mass is 9.58. The van der Waals surface area contributed by atoms with E-state index >= 15 is 0 Å². The van der Waals surface area contributed by atoms with Crippen molar-refractivity contribution in [2.75, 3.05) is 13.2 Å². The molecule has 36 heavy (non-hydrogen) atoms. The minimum absolute atomic E-state index is 0.0156. The van der Waals surface area contributed by atoms with Crippen LogP contribution in [0.25, 0.3) is 0 Å². The van der Waals surface area contributed by atoms with E-state index < -0.39 is 0 Å². The van der Waals surface area contributed by atoms with Gasteiger partial charge in [-0.1, -0.05) is 40.0 Å². The number of unbranched alkanes of at least 4 members (excludes halogenated alkanes) is 2. The summed E-state index contributed by atoms with van der Waals surface area (Å²) in [5.41, 5.74) is 13.7. The Morgan fingerprint density at radius 2 is 1.06 bits per heavy atom. The van der Waals surface area contributed by atoms with Crippen LogP contribution in [0.5, 0.6) is 0 Å². The van der Waals surface area contributed by atoms with Crippen molar-refractivity contribution in [2.45, 2.75) is 162 Å². The highest BCUT2D eigenvalue weighted by Gasteiger charge is 2.58. The Morgan fingerprint density at radius 1 is 0.667 bits per heavy atom. The van der Waals surface area contributed by atoms with E-state index in [1.54, 1.807) is 0 Å². The van der Waals surface area contributed by atoms with Crippen molar-refractivity contribution < 1.29 is 9.68 Å². The maximum atomic E-state index is 7.23. The topological polar surface area (TPSA) is 77.0 Å². The first kappa shape index (κ1) is 32.0. The number of piperidine rings is 2. The van der Waals surface area contributed by atoms with E-state index in [2.05, 4.69) is 86.3 Å². The predicted molar refractivity (Wildman–Crippen MR) is 152 cm³/mol. The van der Waals surface area contributed by atoms with Crippen molar-refractivity contribution >= 4 is 0 Å². The van der Waals surface area contributed by atoms with Crippen LogP contribution in [0.15, 0.2) is 0 Å². The number of hydrogen-bond acceptors (Lipinski definition) is 6. The first-order valence-electron chi connectivity index (χ1n) is 15.0. The molecule has 0 aromatic rings. The molecular weight excluding hydrogens is 448 g/mol. The molecule has 4 atom stereocenters. The van der Waals surface area contributed by atoms with Crippen molar-refractivity contribution in [1.29, 1.82) is 0 Å². The molecule has 2 rings (SSSR count). The monoisotopic (exact) mass is 510 g/mol. The van der Waals surface area contributed by atoms with E-state index in [9.17, 15) is 0 Å². The summed E-state index contributed by atoms with van der Waals surface area (Å²) in [5, 5.41) is 4.45. The molecule has 2 fully saturated rings. The summed E-state index contributed by atoms with van der Waals surface area (Å²) in [6.07, 6.45) is 8.96. The van der Waals surface area contributed by atoms with E-state index in [0.29, 0.717) is 17.8 Å². The van der Waals surface area contributed by atoms with Crippen LogP contribution in [0.4, 0.5) is 0 Å². The lowest BCUT2D eigenvalue weighted by Crippen LogP contribution is -2.73. The zero-order chi connectivity index (χ0) is 27.5. The molecule has 2 aliphatic rings. The van der Waals surface area contributed by atoms with Gasteiger partial charge in [-0.05, 0) is 105 Å². The summed E-state index contributed by atoms with van der Waals surface area (Å²) in [6.45, 7) is 26.5. The minimum Gasteiger partial charge on any atom is -0.326 e. The molecule has 0 radical (unpaired) electrons. The molecule has 0 aliphatic carbocycles. The van der Waals surface area contributed by atoms with Crippen LogP contribution in [0, 0.1) is 17.8 Å². The van der Waals surface area contributed by atoms with Gasteiger partial charge in [0.1, 0.15) is 0 Å². The zero-order valence-corrected chi connectivity index (χ0v) is 25.8. The van der Waals surface area contributed by atoms with Gasteiger partial charge in [0.15, 0.2) is 0 Å². The predicted octanol–water partition coefficient (Wildman–Crippen LogP) is 6.28. The molecule has 2 heterocycles. The fourth-order valence-corrected chi connectivity index (χ4v) is 7.71. The van der Waals surface area contributed by atoms with Crippen LogP contribution in [-0.2, 0) is 9.68 Å². The molecule has 4 N–H and O–H groups in total. The molecule has 0 aromatic heterocycles. The quantitative estimate of drug-likeness (QED) is 0.301. The molecule has 0 amide bonds. The zero-order valence-electron chi connectivity index (χ0n) is 25.8. The molecule has 4 unspecified atom stereocenters. The fourth-order valence-electron chi connectivity index (χ4n) is 7.71. The van der Waals surface area contributed by atoms with Gasteiger partial charge in [0.2, 0.25) is 0 Å². The van der Waals surface area contributed by atoms with Crippen LogP contribution in [0.2, 0.25) is 0 Å². The summed E-state index contributed by atoms with van der Waals surface area (Å²) >= 11 is 0. The van der Waals surface area contributed by atoms with Gasteiger partial charge in [0.25, 0.3) is 0 Å². The van der Waals surface area contributed by atoms with E-state index in [1.807, 2.05) is 0 Å². The molecular formula is C30H62N4O2. The first-order valence-corrected chi connectivity index (χ1v) is 15.0.